The fourth-order valence-electron chi connectivity index (χ4n) is 0.553. The van der Waals surface area contributed by atoms with Gasteiger partial charge in [0.25, 0.3) is 0 Å². The maximum Gasteiger partial charge on any atom is -0.0386 e. The summed E-state index contributed by atoms with van der Waals surface area (Å²) in [5, 5.41) is 0. The topological polar surface area (TPSA) is 0 Å². The molecule has 0 nitrogen and oxygen atoms in total. The Morgan fingerprint density at radius 1 is 1.00 bits per heavy atom. The predicted molar refractivity (Wildman–Crippen MR) is 34.1 cm³/mol. The van der Waals surface area contributed by atoms with Crippen LogP contribution in [0, 0.1) is 6.42 Å². The van der Waals surface area contributed by atoms with Crippen LogP contribution in [0.25, 0.3) is 0 Å². The maximum absolute atomic E-state index is 2.36. The van der Waals surface area contributed by atoms with Crippen molar-refractivity contribution in [3.63, 3.8) is 0 Å². The van der Waals surface area contributed by atoms with Crippen LogP contribution >= 0.6 is 0 Å². The highest BCUT2D eigenvalue weighted by molar-refractivity contribution is 4.60. The van der Waals surface area contributed by atoms with Crippen LogP contribution in [0.4, 0.5) is 0 Å². The molecule has 0 rings (SSSR count). The molecule has 0 aliphatic carbocycles. The van der Waals surface area contributed by atoms with Gasteiger partial charge in [0.1, 0.15) is 0 Å². The maximum atomic E-state index is 2.36. The minimum absolute atomic E-state index is 1.30. The predicted octanol–water partition coefficient (Wildman–Crippen LogP) is 2.79. The highest BCUT2D eigenvalue weighted by atomic mass is 13.9. The molecular formula is C7H15. The first-order valence-electron chi connectivity index (χ1n) is 3.23. The molecule has 43 valence electrons. The van der Waals surface area contributed by atoms with Crippen LogP contribution < -0.4 is 0 Å². The summed E-state index contributed by atoms with van der Waals surface area (Å²) < 4.78 is 0. The van der Waals surface area contributed by atoms with Gasteiger partial charge in [-0.2, -0.15) is 0 Å². The van der Waals surface area contributed by atoms with Gasteiger partial charge in [0.05, 0.1) is 0 Å². The summed E-state index contributed by atoms with van der Waals surface area (Å²) in [6.45, 7) is 4.43. The van der Waals surface area contributed by atoms with E-state index in [9.17, 15) is 0 Å². The number of rotatable bonds is 4. The van der Waals surface area contributed by atoms with Crippen molar-refractivity contribution >= 4 is 0 Å². The van der Waals surface area contributed by atoms with E-state index < -0.39 is 0 Å². The van der Waals surface area contributed by atoms with Gasteiger partial charge in [-0.05, 0) is 6.42 Å². The Hall–Kier alpha value is 0. The molecule has 0 heterocycles. The summed E-state index contributed by atoms with van der Waals surface area (Å²) >= 11 is 0. The van der Waals surface area contributed by atoms with Crippen LogP contribution in [0.3, 0.4) is 0 Å². The minimum atomic E-state index is 1.30. The van der Waals surface area contributed by atoms with Crippen LogP contribution in [-0.2, 0) is 0 Å². The second-order valence-corrected chi connectivity index (χ2v) is 1.87. The zero-order valence-electron chi connectivity index (χ0n) is 5.41. The van der Waals surface area contributed by atoms with Gasteiger partial charge in [-0.25, -0.2) is 0 Å². The third-order valence-electron chi connectivity index (χ3n) is 0.986. The molecule has 0 heteroatoms. The molecular weight excluding hydrogens is 84.1 g/mol. The first-order chi connectivity index (χ1) is 3.41. The number of unbranched alkanes of at least 4 members (excludes halogenated alkanes) is 4. The highest BCUT2D eigenvalue weighted by Crippen LogP contribution is 1.98. The lowest BCUT2D eigenvalue weighted by Crippen LogP contribution is -1.72. The summed E-state index contributed by atoms with van der Waals surface area (Å²) in [4.78, 5) is 0. The molecule has 0 atom stereocenters. The van der Waals surface area contributed by atoms with Crippen LogP contribution in [0.1, 0.15) is 39.5 Å². The molecule has 0 aromatic rings. The van der Waals surface area contributed by atoms with Crippen LogP contribution in [0.2, 0.25) is 0 Å². The quantitative estimate of drug-likeness (QED) is 0.475. The molecule has 0 amide bonds. The summed E-state index contributed by atoms with van der Waals surface area (Å²) in [6, 6.07) is 0. The Labute approximate surface area is 46.9 Å². The van der Waals surface area contributed by atoms with E-state index >= 15 is 0 Å². The fraction of sp³-hybridized carbons (Fsp3) is 0.857. The third-order valence-corrected chi connectivity index (χ3v) is 0.986. The van der Waals surface area contributed by atoms with Gasteiger partial charge in [-0.1, -0.05) is 39.5 Å². The van der Waals surface area contributed by atoms with Crippen molar-refractivity contribution in [2.75, 3.05) is 0 Å². The first-order valence-corrected chi connectivity index (χ1v) is 3.23. The standard InChI is InChI=1S/C7H15/c1-3-5-7-6-4-2/h7H,3-6H2,1-2H3. The van der Waals surface area contributed by atoms with Gasteiger partial charge in [-0.3, -0.25) is 0 Å². The summed E-state index contributed by atoms with van der Waals surface area (Å²) in [6.07, 6.45) is 7.57. The highest BCUT2D eigenvalue weighted by Gasteiger charge is 1.80. The zero-order chi connectivity index (χ0) is 5.54. The molecule has 7 heavy (non-hydrogen) atoms. The van der Waals surface area contributed by atoms with Gasteiger partial charge in [0, 0.05) is 0 Å². The molecule has 0 aliphatic heterocycles. The van der Waals surface area contributed by atoms with E-state index in [1.807, 2.05) is 0 Å². The Morgan fingerprint density at radius 2 is 1.43 bits per heavy atom. The molecule has 0 saturated carbocycles. The fourth-order valence-corrected chi connectivity index (χ4v) is 0.553. The van der Waals surface area contributed by atoms with E-state index in [2.05, 4.69) is 20.3 Å². The zero-order valence-corrected chi connectivity index (χ0v) is 5.41. The van der Waals surface area contributed by atoms with Gasteiger partial charge < -0.3 is 0 Å². The minimum Gasteiger partial charge on any atom is -0.0654 e. The van der Waals surface area contributed by atoms with Crippen LogP contribution in [-0.4, -0.2) is 0 Å². The Kier molecular flexibility index (Phi) is 6.00. The summed E-state index contributed by atoms with van der Waals surface area (Å²) in [5.74, 6) is 0. The van der Waals surface area contributed by atoms with Gasteiger partial charge in [0.2, 0.25) is 0 Å². The molecule has 0 fully saturated rings. The van der Waals surface area contributed by atoms with E-state index in [-0.39, 0.29) is 0 Å². The Morgan fingerprint density at radius 3 is 1.71 bits per heavy atom. The summed E-state index contributed by atoms with van der Waals surface area (Å²) in [7, 11) is 0. The molecule has 0 spiro atoms. The lowest BCUT2D eigenvalue weighted by molar-refractivity contribution is 0.796. The van der Waals surface area contributed by atoms with E-state index in [1.165, 1.54) is 25.7 Å². The van der Waals surface area contributed by atoms with Crippen molar-refractivity contribution in [2.45, 2.75) is 39.5 Å². The molecule has 0 N–H and O–H groups in total. The molecule has 0 saturated heterocycles. The average molecular weight is 99.2 g/mol. The van der Waals surface area contributed by atoms with E-state index in [1.54, 1.807) is 0 Å². The monoisotopic (exact) mass is 99.1 g/mol. The third kappa shape index (κ3) is 6.00. The van der Waals surface area contributed by atoms with E-state index in [0.717, 1.165) is 0 Å². The van der Waals surface area contributed by atoms with Gasteiger partial charge in [-0.15, -0.1) is 0 Å². The lowest BCUT2D eigenvalue weighted by atomic mass is 10.2. The van der Waals surface area contributed by atoms with Crippen molar-refractivity contribution in [1.29, 1.82) is 0 Å². The largest absolute Gasteiger partial charge is 0.0654 e. The van der Waals surface area contributed by atoms with Crippen molar-refractivity contribution in [3.05, 3.63) is 6.42 Å². The molecule has 0 unspecified atom stereocenters. The molecule has 0 aliphatic rings. The Bertz CT molecular complexity index is 19.2. The van der Waals surface area contributed by atoms with Crippen molar-refractivity contribution in [1.82, 2.24) is 0 Å². The van der Waals surface area contributed by atoms with E-state index in [0.29, 0.717) is 0 Å². The summed E-state index contributed by atoms with van der Waals surface area (Å²) in [5.41, 5.74) is 0. The molecule has 0 aromatic heterocycles. The lowest BCUT2D eigenvalue weighted by Gasteiger charge is -1.90. The van der Waals surface area contributed by atoms with Crippen molar-refractivity contribution in [2.24, 2.45) is 0 Å². The van der Waals surface area contributed by atoms with Crippen molar-refractivity contribution in [3.8, 4) is 0 Å². The molecule has 0 bridgehead atoms. The molecule has 0 aromatic carbocycles. The smallest absolute Gasteiger partial charge is 0.0386 e. The normalized spacial score (nSPS) is 9.43. The average Bonchev–Trinajstić information content (AvgIpc) is 1.69. The van der Waals surface area contributed by atoms with Gasteiger partial charge in [0.15, 0.2) is 0 Å². The SMILES string of the molecule is CCC[CH]CCC. The number of hydrogen-bond acceptors (Lipinski definition) is 0. The Balaban J connectivity index is 2.45. The van der Waals surface area contributed by atoms with Crippen LogP contribution in [0.15, 0.2) is 0 Å². The van der Waals surface area contributed by atoms with Gasteiger partial charge >= 0.3 is 0 Å². The first kappa shape index (κ1) is 7.00. The van der Waals surface area contributed by atoms with Crippen molar-refractivity contribution < 1.29 is 0 Å². The molecule has 1 radical (unpaired) electrons. The number of hydrogen-bond donors (Lipinski definition) is 0. The second kappa shape index (κ2) is 6.00. The van der Waals surface area contributed by atoms with E-state index in [4.69, 9.17) is 0 Å². The van der Waals surface area contributed by atoms with Crippen LogP contribution in [0.5, 0.6) is 0 Å². The second-order valence-electron chi connectivity index (χ2n) is 1.87.